The summed E-state index contributed by atoms with van der Waals surface area (Å²) in [6, 6.07) is 3.00. The van der Waals surface area contributed by atoms with Gasteiger partial charge in [-0.2, -0.15) is 8.42 Å². The highest BCUT2D eigenvalue weighted by Crippen LogP contribution is 2.40. The highest BCUT2D eigenvalue weighted by molar-refractivity contribution is 7.90. The molecule has 2 aliphatic rings. The van der Waals surface area contributed by atoms with Crippen molar-refractivity contribution in [2.24, 2.45) is 10.3 Å². The molecule has 1 saturated carbocycles. The predicted octanol–water partition coefficient (Wildman–Crippen LogP) is 3.04. The summed E-state index contributed by atoms with van der Waals surface area (Å²) in [4.78, 5) is 1.91. The molecule has 114 valence electrons. The molecule has 1 aliphatic heterocycles. The lowest BCUT2D eigenvalue weighted by molar-refractivity contribution is 0.436. The number of rotatable bonds is 1. The topological polar surface area (TPSA) is 75.8 Å². The van der Waals surface area contributed by atoms with Crippen LogP contribution in [0.3, 0.4) is 0 Å². The summed E-state index contributed by atoms with van der Waals surface area (Å²) in [5, 5.41) is 0.305. The summed E-state index contributed by atoms with van der Waals surface area (Å²) in [5.74, 6) is 0.790. The van der Waals surface area contributed by atoms with E-state index in [4.69, 9.17) is 17.3 Å². The minimum Gasteiger partial charge on any atom is -0.397 e. The van der Waals surface area contributed by atoms with E-state index in [2.05, 4.69) is 4.40 Å². The molecular formula is C14H18ClN3O2S. The lowest BCUT2D eigenvalue weighted by atomic mass is 9.88. The second-order valence-corrected chi connectivity index (χ2v) is 7.67. The van der Waals surface area contributed by atoms with Crippen LogP contribution in [0.25, 0.3) is 0 Å². The van der Waals surface area contributed by atoms with Crippen LogP contribution in [0.2, 0.25) is 5.02 Å². The molecule has 0 amide bonds. The van der Waals surface area contributed by atoms with E-state index in [-0.39, 0.29) is 10.8 Å². The summed E-state index contributed by atoms with van der Waals surface area (Å²) in [7, 11) is -1.91. The largest absolute Gasteiger partial charge is 0.397 e. The number of fused-ring (bicyclic) bond motifs is 1. The van der Waals surface area contributed by atoms with E-state index in [1.807, 2.05) is 11.9 Å². The van der Waals surface area contributed by atoms with Crippen LogP contribution in [0.5, 0.6) is 0 Å². The lowest BCUT2D eigenvalue weighted by Gasteiger charge is -2.34. The number of nitrogens with zero attached hydrogens (tertiary/aromatic N) is 2. The van der Waals surface area contributed by atoms with Crippen LogP contribution in [0, 0.1) is 5.92 Å². The number of hydrogen-bond donors (Lipinski definition) is 1. The third-order valence-electron chi connectivity index (χ3n) is 4.21. The maximum Gasteiger partial charge on any atom is 0.286 e. The Bertz CT molecular complexity index is 709. The van der Waals surface area contributed by atoms with Crippen LogP contribution < -0.4 is 10.6 Å². The van der Waals surface area contributed by atoms with Crippen molar-refractivity contribution >= 4 is 38.8 Å². The second-order valence-electron chi connectivity index (χ2n) is 5.66. The summed E-state index contributed by atoms with van der Waals surface area (Å²) in [5.41, 5.74) is 6.86. The van der Waals surface area contributed by atoms with Gasteiger partial charge in [-0.25, -0.2) is 0 Å². The molecule has 1 aromatic carbocycles. The Morgan fingerprint density at radius 2 is 1.95 bits per heavy atom. The minimum atomic E-state index is -3.74. The Hall–Kier alpha value is -1.27. The van der Waals surface area contributed by atoms with E-state index in [9.17, 15) is 8.42 Å². The van der Waals surface area contributed by atoms with Gasteiger partial charge in [0.15, 0.2) is 0 Å². The SMILES string of the molecule is CN1C(C2CCCCC2)=NS(=O)(=O)c2cc(Cl)cc(N)c21. The average Bonchev–Trinajstić information content (AvgIpc) is 2.43. The van der Waals surface area contributed by atoms with Gasteiger partial charge in [0.05, 0.1) is 11.4 Å². The van der Waals surface area contributed by atoms with Crippen LogP contribution in [-0.4, -0.2) is 21.3 Å². The lowest BCUT2D eigenvalue weighted by Crippen LogP contribution is -2.38. The van der Waals surface area contributed by atoms with Crippen molar-refractivity contribution in [3.05, 3.63) is 17.2 Å². The molecule has 2 N–H and O–H groups in total. The molecule has 0 saturated heterocycles. The van der Waals surface area contributed by atoms with Gasteiger partial charge in [-0.3, -0.25) is 0 Å². The number of hydrogen-bond acceptors (Lipinski definition) is 4. The Morgan fingerprint density at radius 1 is 1.29 bits per heavy atom. The Morgan fingerprint density at radius 3 is 2.62 bits per heavy atom. The number of nitrogen functional groups attached to an aromatic ring is 1. The number of amidine groups is 1. The van der Waals surface area contributed by atoms with Crippen molar-refractivity contribution in [2.45, 2.75) is 37.0 Å². The standard InChI is InChI=1S/C14H18ClN3O2S/c1-18-13-11(16)7-10(15)8-12(13)21(19,20)17-14(18)9-5-3-2-4-6-9/h7-9H,2-6,16H2,1H3. The first kappa shape index (κ1) is 14.7. The molecule has 21 heavy (non-hydrogen) atoms. The van der Waals surface area contributed by atoms with Gasteiger partial charge in [0.25, 0.3) is 10.0 Å². The molecular weight excluding hydrogens is 310 g/mol. The van der Waals surface area contributed by atoms with E-state index in [0.29, 0.717) is 22.2 Å². The van der Waals surface area contributed by atoms with Crippen molar-refractivity contribution in [1.82, 2.24) is 0 Å². The van der Waals surface area contributed by atoms with Gasteiger partial charge in [0.2, 0.25) is 0 Å². The van der Waals surface area contributed by atoms with Crippen LogP contribution in [0.15, 0.2) is 21.4 Å². The van der Waals surface area contributed by atoms with E-state index in [1.54, 1.807) is 6.07 Å². The molecule has 0 bridgehead atoms. The third-order valence-corrected chi connectivity index (χ3v) is 5.72. The number of halogens is 1. The van der Waals surface area contributed by atoms with Crippen LogP contribution in [0.4, 0.5) is 11.4 Å². The smallest absolute Gasteiger partial charge is 0.286 e. The first-order chi connectivity index (χ1) is 9.90. The third kappa shape index (κ3) is 2.51. The second kappa shape index (κ2) is 5.18. The monoisotopic (exact) mass is 327 g/mol. The van der Waals surface area contributed by atoms with Gasteiger partial charge in [0, 0.05) is 18.0 Å². The van der Waals surface area contributed by atoms with E-state index in [0.717, 1.165) is 25.7 Å². The molecule has 7 heteroatoms. The summed E-state index contributed by atoms with van der Waals surface area (Å²) in [6.07, 6.45) is 5.37. The number of nitrogens with two attached hydrogens (primary N) is 1. The summed E-state index contributed by atoms with van der Waals surface area (Å²) in [6.45, 7) is 0. The fraction of sp³-hybridized carbons (Fsp3) is 0.500. The first-order valence-corrected chi connectivity index (χ1v) is 8.89. The van der Waals surface area contributed by atoms with Crippen molar-refractivity contribution in [3.8, 4) is 0 Å². The van der Waals surface area contributed by atoms with Gasteiger partial charge < -0.3 is 10.6 Å². The molecule has 1 aromatic rings. The molecule has 3 rings (SSSR count). The van der Waals surface area contributed by atoms with E-state index < -0.39 is 10.0 Å². The van der Waals surface area contributed by atoms with Crippen molar-refractivity contribution < 1.29 is 8.42 Å². The fourth-order valence-electron chi connectivity index (χ4n) is 3.21. The van der Waals surface area contributed by atoms with Gasteiger partial charge >= 0.3 is 0 Å². The van der Waals surface area contributed by atoms with Crippen molar-refractivity contribution in [2.75, 3.05) is 17.7 Å². The first-order valence-electron chi connectivity index (χ1n) is 7.08. The molecule has 1 heterocycles. The van der Waals surface area contributed by atoms with Crippen LogP contribution in [0.1, 0.15) is 32.1 Å². The Kier molecular flexibility index (Phi) is 3.61. The number of anilines is 2. The molecule has 5 nitrogen and oxygen atoms in total. The quantitative estimate of drug-likeness (QED) is 0.804. The number of benzene rings is 1. The van der Waals surface area contributed by atoms with E-state index in [1.165, 1.54) is 12.5 Å². The Balaban J connectivity index is 2.13. The van der Waals surface area contributed by atoms with Crippen LogP contribution >= 0.6 is 11.6 Å². The van der Waals surface area contributed by atoms with Gasteiger partial charge in [-0.05, 0) is 25.0 Å². The molecule has 0 aromatic heterocycles. The van der Waals surface area contributed by atoms with Gasteiger partial charge in [-0.1, -0.05) is 30.9 Å². The maximum atomic E-state index is 12.4. The predicted molar refractivity (Wildman–Crippen MR) is 85.5 cm³/mol. The van der Waals surface area contributed by atoms with Crippen molar-refractivity contribution in [3.63, 3.8) is 0 Å². The zero-order chi connectivity index (χ0) is 15.2. The molecule has 1 fully saturated rings. The normalized spacial score (nSPS) is 21.8. The highest BCUT2D eigenvalue weighted by atomic mass is 35.5. The Labute approximate surface area is 129 Å². The maximum absolute atomic E-state index is 12.4. The van der Waals surface area contributed by atoms with E-state index >= 15 is 0 Å². The highest BCUT2D eigenvalue weighted by Gasteiger charge is 2.34. The molecule has 0 atom stereocenters. The summed E-state index contributed by atoms with van der Waals surface area (Å²) >= 11 is 5.93. The molecule has 0 spiro atoms. The molecule has 0 unspecified atom stereocenters. The van der Waals surface area contributed by atoms with Crippen molar-refractivity contribution in [1.29, 1.82) is 0 Å². The molecule has 0 radical (unpaired) electrons. The molecule has 1 aliphatic carbocycles. The number of sulfonamides is 1. The zero-order valence-corrected chi connectivity index (χ0v) is 13.4. The zero-order valence-electron chi connectivity index (χ0n) is 11.8. The minimum absolute atomic E-state index is 0.0922. The van der Waals surface area contributed by atoms with Gasteiger partial charge in [-0.15, -0.1) is 4.40 Å². The fourth-order valence-corrected chi connectivity index (χ4v) is 4.89. The van der Waals surface area contributed by atoms with Gasteiger partial charge in [0.1, 0.15) is 10.7 Å². The average molecular weight is 328 g/mol. The van der Waals surface area contributed by atoms with Crippen LogP contribution in [-0.2, 0) is 10.0 Å². The summed E-state index contributed by atoms with van der Waals surface area (Å²) < 4.78 is 28.9.